The highest BCUT2D eigenvalue weighted by Gasteiger charge is 2.28. The second-order valence-electron chi connectivity index (χ2n) is 7.44. The number of halogens is 1. The summed E-state index contributed by atoms with van der Waals surface area (Å²) < 4.78 is 18.8. The molecule has 0 radical (unpaired) electrons. The smallest absolute Gasteiger partial charge is 0.223 e. The molecule has 5 nitrogen and oxygen atoms in total. The van der Waals surface area contributed by atoms with E-state index in [1.54, 1.807) is 6.07 Å². The predicted octanol–water partition coefficient (Wildman–Crippen LogP) is 2.42. The molecule has 1 N–H and O–H groups in total. The Morgan fingerprint density at radius 3 is 2.62 bits per heavy atom. The zero-order valence-electron chi connectivity index (χ0n) is 15.5. The lowest BCUT2D eigenvalue weighted by atomic mass is 9.84. The van der Waals surface area contributed by atoms with Gasteiger partial charge < -0.3 is 14.7 Å². The number of amides is 1. The Labute approximate surface area is 154 Å². The Balaban J connectivity index is 1.46. The summed E-state index contributed by atoms with van der Waals surface area (Å²) in [6, 6.07) is 5.05. The highest BCUT2D eigenvalue weighted by Crippen LogP contribution is 2.27. The SMILES string of the molecule is COc1ccc(CN2CCN(C(=O)C[C@@H]3CCCC[C@H]3O)CC2)cc1F. The van der Waals surface area contributed by atoms with Gasteiger partial charge in [0, 0.05) is 39.1 Å². The minimum atomic E-state index is -0.343. The van der Waals surface area contributed by atoms with Gasteiger partial charge in [-0.2, -0.15) is 0 Å². The van der Waals surface area contributed by atoms with E-state index in [1.165, 1.54) is 13.2 Å². The first-order valence-electron chi connectivity index (χ1n) is 9.57. The molecule has 1 aliphatic carbocycles. The standard InChI is InChI=1S/C20H29FN2O3/c1-26-19-7-6-15(12-17(19)21)14-22-8-10-23(11-9-22)20(25)13-16-4-2-3-5-18(16)24/h6-7,12,16,18,24H,2-5,8-11,13-14H2,1H3/t16-,18+/m0/s1. The third-order valence-corrected chi connectivity index (χ3v) is 5.65. The maximum absolute atomic E-state index is 13.8. The fourth-order valence-electron chi connectivity index (χ4n) is 4.00. The molecule has 2 aliphatic rings. The molecule has 144 valence electrons. The first-order valence-corrected chi connectivity index (χ1v) is 9.57. The molecule has 2 atom stereocenters. The Morgan fingerprint density at radius 2 is 1.96 bits per heavy atom. The van der Waals surface area contributed by atoms with Crippen LogP contribution in [-0.4, -0.2) is 60.2 Å². The van der Waals surface area contributed by atoms with Crippen LogP contribution in [0.5, 0.6) is 5.75 Å². The number of benzene rings is 1. The molecule has 1 saturated heterocycles. The van der Waals surface area contributed by atoms with E-state index in [0.29, 0.717) is 26.1 Å². The fraction of sp³-hybridized carbons (Fsp3) is 0.650. The third kappa shape index (κ3) is 4.74. The molecule has 2 fully saturated rings. The summed E-state index contributed by atoms with van der Waals surface area (Å²) in [7, 11) is 1.46. The number of aliphatic hydroxyl groups excluding tert-OH is 1. The number of rotatable bonds is 5. The van der Waals surface area contributed by atoms with E-state index in [2.05, 4.69) is 4.90 Å². The van der Waals surface area contributed by atoms with Gasteiger partial charge in [0.25, 0.3) is 0 Å². The van der Waals surface area contributed by atoms with Crippen LogP contribution in [0.3, 0.4) is 0 Å². The van der Waals surface area contributed by atoms with Crippen LogP contribution in [0.2, 0.25) is 0 Å². The van der Waals surface area contributed by atoms with Gasteiger partial charge in [-0.15, -0.1) is 0 Å². The van der Waals surface area contributed by atoms with Crippen LogP contribution in [0.4, 0.5) is 4.39 Å². The normalized spacial score (nSPS) is 24.5. The topological polar surface area (TPSA) is 53.0 Å². The van der Waals surface area contributed by atoms with E-state index in [4.69, 9.17) is 4.74 Å². The maximum atomic E-state index is 13.8. The van der Waals surface area contributed by atoms with Gasteiger partial charge in [-0.1, -0.05) is 18.9 Å². The number of aliphatic hydroxyl groups is 1. The summed E-state index contributed by atoms with van der Waals surface area (Å²) in [6.45, 7) is 3.63. The highest BCUT2D eigenvalue weighted by atomic mass is 19.1. The van der Waals surface area contributed by atoms with Gasteiger partial charge in [0.05, 0.1) is 13.2 Å². The zero-order chi connectivity index (χ0) is 18.5. The Kier molecular flexibility index (Phi) is 6.48. The van der Waals surface area contributed by atoms with Crippen molar-refractivity contribution < 1.29 is 19.0 Å². The number of nitrogens with zero attached hydrogens (tertiary/aromatic N) is 2. The van der Waals surface area contributed by atoms with E-state index in [9.17, 15) is 14.3 Å². The number of hydrogen-bond acceptors (Lipinski definition) is 4. The lowest BCUT2D eigenvalue weighted by molar-refractivity contribution is -0.135. The Bertz CT molecular complexity index is 617. The second-order valence-corrected chi connectivity index (χ2v) is 7.44. The van der Waals surface area contributed by atoms with Crippen LogP contribution < -0.4 is 4.74 Å². The molecule has 1 heterocycles. The number of ether oxygens (including phenoxy) is 1. The molecule has 3 rings (SSSR count). The van der Waals surface area contributed by atoms with Crippen molar-refractivity contribution in [2.45, 2.75) is 44.8 Å². The Morgan fingerprint density at radius 1 is 1.23 bits per heavy atom. The number of carbonyl (C=O) groups excluding carboxylic acids is 1. The van der Waals surface area contributed by atoms with Gasteiger partial charge in [0.15, 0.2) is 11.6 Å². The fourth-order valence-corrected chi connectivity index (χ4v) is 4.00. The van der Waals surface area contributed by atoms with Crippen molar-refractivity contribution >= 4 is 5.91 Å². The molecule has 1 aliphatic heterocycles. The molecule has 1 saturated carbocycles. The average Bonchev–Trinajstić information content (AvgIpc) is 2.64. The first-order chi connectivity index (χ1) is 12.6. The van der Waals surface area contributed by atoms with Gasteiger partial charge in [-0.3, -0.25) is 9.69 Å². The van der Waals surface area contributed by atoms with Crippen molar-refractivity contribution in [1.82, 2.24) is 9.80 Å². The van der Waals surface area contributed by atoms with E-state index in [-0.39, 0.29) is 29.5 Å². The molecule has 0 spiro atoms. The summed E-state index contributed by atoms with van der Waals surface area (Å²) in [5.41, 5.74) is 0.911. The molecule has 1 aromatic rings. The van der Waals surface area contributed by atoms with Gasteiger partial charge >= 0.3 is 0 Å². The van der Waals surface area contributed by atoms with Crippen LogP contribution in [0.15, 0.2) is 18.2 Å². The lowest BCUT2D eigenvalue weighted by Crippen LogP contribution is -2.49. The summed E-state index contributed by atoms with van der Waals surface area (Å²) in [5, 5.41) is 10.1. The van der Waals surface area contributed by atoms with E-state index in [0.717, 1.165) is 44.3 Å². The summed E-state index contributed by atoms with van der Waals surface area (Å²) in [5.74, 6) is 0.196. The molecule has 1 amide bonds. The molecule has 0 aromatic heterocycles. The van der Waals surface area contributed by atoms with Crippen LogP contribution in [0, 0.1) is 11.7 Å². The number of methoxy groups -OCH3 is 1. The van der Waals surface area contributed by atoms with Crippen molar-refractivity contribution in [2.75, 3.05) is 33.3 Å². The summed E-state index contributed by atoms with van der Waals surface area (Å²) in [4.78, 5) is 16.7. The van der Waals surface area contributed by atoms with Crippen LogP contribution >= 0.6 is 0 Å². The van der Waals surface area contributed by atoms with Gasteiger partial charge in [0.2, 0.25) is 5.91 Å². The van der Waals surface area contributed by atoms with E-state index >= 15 is 0 Å². The monoisotopic (exact) mass is 364 g/mol. The second kappa shape index (κ2) is 8.82. The van der Waals surface area contributed by atoms with Crippen molar-refractivity contribution in [3.8, 4) is 5.75 Å². The van der Waals surface area contributed by atoms with Crippen molar-refractivity contribution in [3.05, 3.63) is 29.6 Å². The first kappa shape index (κ1) is 19.1. The van der Waals surface area contributed by atoms with Crippen LogP contribution in [-0.2, 0) is 11.3 Å². The Hall–Kier alpha value is -1.66. The van der Waals surface area contributed by atoms with Crippen LogP contribution in [0.25, 0.3) is 0 Å². The third-order valence-electron chi connectivity index (χ3n) is 5.65. The molecule has 0 bridgehead atoms. The van der Waals surface area contributed by atoms with Crippen molar-refractivity contribution in [3.63, 3.8) is 0 Å². The largest absolute Gasteiger partial charge is 0.494 e. The molecular weight excluding hydrogens is 335 g/mol. The molecule has 0 unspecified atom stereocenters. The summed E-state index contributed by atoms with van der Waals surface area (Å²) >= 11 is 0. The minimum Gasteiger partial charge on any atom is -0.494 e. The van der Waals surface area contributed by atoms with Gasteiger partial charge in [-0.25, -0.2) is 4.39 Å². The van der Waals surface area contributed by atoms with Crippen LogP contribution in [0.1, 0.15) is 37.7 Å². The van der Waals surface area contributed by atoms with Gasteiger partial charge in [0.1, 0.15) is 0 Å². The maximum Gasteiger partial charge on any atom is 0.223 e. The highest BCUT2D eigenvalue weighted by molar-refractivity contribution is 5.76. The zero-order valence-corrected chi connectivity index (χ0v) is 15.5. The summed E-state index contributed by atoms with van der Waals surface area (Å²) in [6.07, 6.45) is 4.10. The molecular formula is C20H29FN2O3. The van der Waals surface area contributed by atoms with Crippen molar-refractivity contribution in [1.29, 1.82) is 0 Å². The predicted molar refractivity (Wildman–Crippen MR) is 97.4 cm³/mol. The minimum absolute atomic E-state index is 0.122. The van der Waals surface area contributed by atoms with Crippen molar-refractivity contribution in [2.24, 2.45) is 5.92 Å². The van der Waals surface area contributed by atoms with Gasteiger partial charge in [-0.05, 0) is 36.5 Å². The number of hydrogen-bond donors (Lipinski definition) is 1. The van der Waals surface area contributed by atoms with E-state index < -0.39 is 0 Å². The number of carbonyl (C=O) groups is 1. The lowest BCUT2D eigenvalue weighted by Gasteiger charge is -2.36. The van der Waals surface area contributed by atoms with E-state index in [1.807, 2.05) is 11.0 Å². The molecule has 26 heavy (non-hydrogen) atoms. The molecule has 1 aromatic carbocycles. The number of piperazine rings is 1. The molecule has 6 heteroatoms. The quantitative estimate of drug-likeness (QED) is 0.872. The average molecular weight is 364 g/mol.